The number of carbonyl (C=O) groups is 3. The van der Waals surface area contributed by atoms with Gasteiger partial charge in [0.2, 0.25) is 11.8 Å². The molecule has 2 aromatic rings. The molecule has 0 aliphatic carbocycles. The quantitative estimate of drug-likeness (QED) is 0.693. The fourth-order valence-electron chi connectivity index (χ4n) is 3.75. The van der Waals surface area contributed by atoms with Crippen LogP contribution in [0.1, 0.15) is 12.8 Å². The number of amides is 3. The van der Waals surface area contributed by atoms with Crippen molar-refractivity contribution in [3.8, 4) is 5.75 Å². The number of benzene rings is 2. The van der Waals surface area contributed by atoms with Crippen LogP contribution in [0.3, 0.4) is 0 Å². The van der Waals surface area contributed by atoms with E-state index in [1.807, 2.05) is 12.1 Å². The highest BCUT2D eigenvalue weighted by molar-refractivity contribution is 8.01. The number of nitrogens with zero attached hydrogens (tertiary/aromatic N) is 2. The molecule has 3 amide bonds. The molecule has 2 aliphatic rings. The smallest absolute Gasteiger partial charge is 0.250 e. The maximum Gasteiger partial charge on any atom is 0.250 e. The number of likely N-dealkylation sites (tertiary alicyclic amines) is 1. The molecule has 1 atom stereocenters. The summed E-state index contributed by atoms with van der Waals surface area (Å²) in [6.45, 7) is 1.11. The van der Waals surface area contributed by atoms with Gasteiger partial charge in [-0.2, -0.15) is 0 Å². The van der Waals surface area contributed by atoms with Crippen molar-refractivity contribution in [1.82, 2.24) is 4.90 Å². The molecule has 0 radical (unpaired) electrons. The van der Waals surface area contributed by atoms with Gasteiger partial charge in [0.05, 0.1) is 18.5 Å². The number of anilines is 2. The molecule has 0 spiro atoms. The Balaban J connectivity index is 1.57. The fraction of sp³-hybridized carbons (Fsp3) is 0.318. The van der Waals surface area contributed by atoms with Crippen LogP contribution < -0.4 is 15.0 Å². The summed E-state index contributed by atoms with van der Waals surface area (Å²) in [4.78, 5) is 43.0. The van der Waals surface area contributed by atoms with Crippen molar-refractivity contribution in [3.05, 3.63) is 47.5 Å². The zero-order valence-electron chi connectivity index (χ0n) is 17.0. The van der Waals surface area contributed by atoms with Crippen molar-refractivity contribution in [2.24, 2.45) is 0 Å². The van der Waals surface area contributed by atoms with Crippen molar-refractivity contribution in [3.63, 3.8) is 0 Å². The average molecular weight is 460 g/mol. The molecule has 2 aliphatic heterocycles. The van der Waals surface area contributed by atoms with Crippen LogP contribution in [0.15, 0.2) is 47.4 Å². The standard InChI is InChI=1S/C22H22ClN3O4S/c1-30-17-9-8-14(23)12-15(17)24-19(27)13-26-16-6-2-3-7-18(16)31-20(22(26)29)21(28)25-10-4-5-11-25/h2-3,6-9,12,20H,4-5,10-11,13H2,1H3,(H,24,27)/t20-/m0/s1. The summed E-state index contributed by atoms with van der Waals surface area (Å²) in [6, 6.07) is 12.2. The minimum atomic E-state index is -0.887. The summed E-state index contributed by atoms with van der Waals surface area (Å²) < 4.78 is 5.27. The molecule has 31 heavy (non-hydrogen) atoms. The summed E-state index contributed by atoms with van der Waals surface area (Å²) in [5.74, 6) is -0.526. The summed E-state index contributed by atoms with van der Waals surface area (Å²) in [6.07, 6.45) is 1.89. The Bertz CT molecular complexity index is 1030. The number of hydrogen-bond donors (Lipinski definition) is 1. The minimum Gasteiger partial charge on any atom is -0.495 e. The van der Waals surface area contributed by atoms with Crippen molar-refractivity contribution >= 4 is 52.5 Å². The second-order valence-electron chi connectivity index (χ2n) is 7.32. The second-order valence-corrected chi connectivity index (χ2v) is 8.90. The molecule has 0 bridgehead atoms. The van der Waals surface area contributed by atoms with Gasteiger partial charge >= 0.3 is 0 Å². The van der Waals surface area contributed by atoms with Crippen LogP contribution in [0.2, 0.25) is 5.02 Å². The van der Waals surface area contributed by atoms with Gasteiger partial charge < -0.3 is 19.9 Å². The zero-order chi connectivity index (χ0) is 22.0. The lowest BCUT2D eigenvalue weighted by molar-refractivity contribution is -0.134. The van der Waals surface area contributed by atoms with Gasteiger partial charge in [-0.15, -0.1) is 11.8 Å². The predicted molar refractivity (Wildman–Crippen MR) is 121 cm³/mol. The number of fused-ring (bicyclic) bond motifs is 1. The van der Waals surface area contributed by atoms with E-state index in [9.17, 15) is 14.4 Å². The third-order valence-electron chi connectivity index (χ3n) is 5.27. The Labute approximate surface area is 189 Å². The number of ether oxygens (including phenoxy) is 1. The monoisotopic (exact) mass is 459 g/mol. The lowest BCUT2D eigenvalue weighted by Crippen LogP contribution is -2.51. The molecule has 162 valence electrons. The summed E-state index contributed by atoms with van der Waals surface area (Å²) in [7, 11) is 1.50. The third-order valence-corrected chi connectivity index (χ3v) is 6.74. The lowest BCUT2D eigenvalue weighted by atomic mass is 10.2. The van der Waals surface area contributed by atoms with Gasteiger partial charge in [-0.05, 0) is 43.2 Å². The number of methoxy groups -OCH3 is 1. The Hall–Kier alpha value is -2.71. The third kappa shape index (κ3) is 4.50. The van der Waals surface area contributed by atoms with Crippen molar-refractivity contribution in [1.29, 1.82) is 0 Å². The van der Waals surface area contributed by atoms with Gasteiger partial charge in [0.15, 0.2) is 5.25 Å². The largest absolute Gasteiger partial charge is 0.495 e. The average Bonchev–Trinajstić information content (AvgIpc) is 3.30. The number of thioether (sulfide) groups is 1. The van der Waals surface area contributed by atoms with E-state index in [0.717, 1.165) is 17.7 Å². The highest BCUT2D eigenvalue weighted by Crippen LogP contribution is 2.40. The molecule has 1 fully saturated rings. The van der Waals surface area contributed by atoms with Crippen LogP contribution >= 0.6 is 23.4 Å². The van der Waals surface area contributed by atoms with Crippen LogP contribution in [-0.4, -0.2) is 54.6 Å². The van der Waals surface area contributed by atoms with Crippen LogP contribution in [-0.2, 0) is 14.4 Å². The maximum absolute atomic E-state index is 13.3. The van der Waals surface area contributed by atoms with E-state index in [0.29, 0.717) is 35.2 Å². The highest BCUT2D eigenvalue weighted by Gasteiger charge is 2.41. The lowest BCUT2D eigenvalue weighted by Gasteiger charge is -2.34. The van der Waals surface area contributed by atoms with Gasteiger partial charge in [0.25, 0.3) is 5.91 Å². The number of rotatable bonds is 5. The van der Waals surface area contributed by atoms with E-state index in [2.05, 4.69) is 5.32 Å². The molecule has 0 saturated carbocycles. The number of para-hydroxylation sites is 1. The van der Waals surface area contributed by atoms with Gasteiger partial charge in [-0.25, -0.2) is 0 Å². The topological polar surface area (TPSA) is 79.0 Å². The van der Waals surface area contributed by atoms with Crippen LogP contribution in [0.5, 0.6) is 5.75 Å². The molecule has 2 aromatic carbocycles. The fourth-order valence-corrected chi connectivity index (χ4v) is 5.11. The van der Waals surface area contributed by atoms with E-state index < -0.39 is 11.2 Å². The molecule has 2 heterocycles. The first-order valence-corrected chi connectivity index (χ1v) is 11.2. The summed E-state index contributed by atoms with van der Waals surface area (Å²) in [5, 5.41) is 2.32. The van der Waals surface area contributed by atoms with E-state index >= 15 is 0 Å². The van der Waals surface area contributed by atoms with Crippen LogP contribution in [0.4, 0.5) is 11.4 Å². The molecular weight excluding hydrogens is 438 g/mol. The molecule has 0 unspecified atom stereocenters. The number of nitrogens with one attached hydrogen (secondary N) is 1. The molecule has 7 nitrogen and oxygen atoms in total. The first-order valence-electron chi connectivity index (χ1n) is 9.97. The molecule has 0 aromatic heterocycles. The first-order chi connectivity index (χ1) is 15.0. The van der Waals surface area contributed by atoms with Crippen LogP contribution in [0.25, 0.3) is 0 Å². The number of hydrogen-bond acceptors (Lipinski definition) is 5. The van der Waals surface area contributed by atoms with Crippen molar-refractivity contribution in [2.45, 2.75) is 23.0 Å². The molecular formula is C22H22ClN3O4S. The van der Waals surface area contributed by atoms with E-state index in [-0.39, 0.29) is 18.4 Å². The minimum absolute atomic E-state index is 0.191. The Morgan fingerprint density at radius 2 is 1.94 bits per heavy atom. The van der Waals surface area contributed by atoms with E-state index in [4.69, 9.17) is 16.3 Å². The predicted octanol–water partition coefficient (Wildman–Crippen LogP) is 3.42. The van der Waals surface area contributed by atoms with Crippen molar-refractivity contribution in [2.75, 3.05) is 37.0 Å². The molecule has 4 rings (SSSR count). The van der Waals surface area contributed by atoms with E-state index in [1.165, 1.54) is 23.8 Å². The van der Waals surface area contributed by atoms with E-state index in [1.54, 1.807) is 35.2 Å². The van der Waals surface area contributed by atoms with Crippen LogP contribution in [0, 0.1) is 0 Å². The summed E-state index contributed by atoms with van der Waals surface area (Å²) in [5.41, 5.74) is 1.04. The molecule has 9 heteroatoms. The molecule has 1 N–H and O–H groups in total. The van der Waals surface area contributed by atoms with Gasteiger partial charge in [-0.3, -0.25) is 14.4 Å². The Morgan fingerprint density at radius 1 is 1.19 bits per heavy atom. The first kappa shape index (κ1) is 21.5. The highest BCUT2D eigenvalue weighted by atomic mass is 35.5. The zero-order valence-corrected chi connectivity index (χ0v) is 18.5. The van der Waals surface area contributed by atoms with Gasteiger partial charge in [0, 0.05) is 23.0 Å². The number of halogens is 1. The Morgan fingerprint density at radius 3 is 2.68 bits per heavy atom. The normalized spacial score (nSPS) is 18.0. The molecule has 1 saturated heterocycles. The van der Waals surface area contributed by atoms with Gasteiger partial charge in [0.1, 0.15) is 12.3 Å². The maximum atomic E-state index is 13.3. The summed E-state index contributed by atoms with van der Waals surface area (Å²) >= 11 is 7.29. The second kappa shape index (κ2) is 9.20. The van der Waals surface area contributed by atoms with Crippen molar-refractivity contribution < 1.29 is 19.1 Å². The number of carbonyl (C=O) groups excluding carboxylic acids is 3. The SMILES string of the molecule is COc1ccc(Cl)cc1NC(=O)CN1C(=O)[C@H](C(=O)N2CCCC2)Sc2ccccc21. The Kier molecular flexibility index (Phi) is 6.38. The van der Waals surface area contributed by atoms with Gasteiger partial charge in [-0.1, -0.05) is 23.7 Å².